The van der Waals surface area contributed by atoms with Crippen LogP contribution >= 0.6 is 0 Å². The van der Waals surface area contributed by atoms with Crippen LogP contribution in [0.5, 0.6) is 0 Å². The molecule has 0 saturated carbocycles. The van der Waals surface area contributed by atoms with Crippen molar-refractivity contribution in [2.45, 2.75) is 13.8 Å². The van der Waals surface area contributed by atoms with E-state index in [0.29, 0.717) is 5.76 Å². The van der Waals surface area contributed by atoms with E-state index in [9.17, 15) is 0 Å². The monoisotopic (exact) mass is 227 g/mol. The van der Waals surface area contributed by atoms with E-state index in [4.69, 9.17) is 4.74 Å². The summed E-state index contributed by atoms with van der Waals surface area (Å²) in [4.78, 5) is 0. The highest BCUT2D eigenvalue weighted by Crippen LogP contribution is 2.29. The summed E-state index contributed by atoms with van der Waals surface area (Å²) in [5.74, 6) is 1.52. The molecular weight excluding hydrogens is 210 g/mol. The average Bonchev–Trinajstić information content (AvgIpc) is 2.47. The number of rotatable bonds is 2. The molecule has 0 aromatic carbocycles. The van der Waals surface area contributed by atoms with Crippen molar-refractivity contribution in [1.29, 1.82) is 0 Å². The first-order valence-corrected chi connectivity index (χ1v) is 5.62. The summed E-state index contributed by atoms with van der Waals surface area (Å²) in [6.45, 7) is 11.8. The van der Waals surface area contributed by atoms with Crippen LogP contribution < -0.4 is 5.32 Å². The molecule has 0 fully saturated rings. The number of hydrogen-bond donors (Lipinski definition) is 1. The number of ether oxygens (including phenoxy) is 1. The van der Waals surface area contributed by atoms with Crippen molar-refractivity contribution in [2.75, 3.05) is 0 Å². The van der Waals surface area contributed by atoms with E-state index in [-0.39, 0.29) is 5.41 Å². The van der Waals surface area contributed by atoms with Gasteiger partial charge in [-0.25, -0.2) is 0 Å². The summed E-state index contributed by atoms with van der Waals surface area (Å²) < 4.78 is 5.79. The molecule has 0 atom stereocenters. The van der Waals surface area contributed by atoms with Crippen molar-refractivity contribution in [3.8, 4) is 0 Å². The topological polar surface area (TPSA) is 21.3 Å². The number of nitrogens with one attached hydrogen (secondary N) is 1. The first kappa shape index (κ1) is 11.5. The largest absolute Gasteiger partial charge is 0.453 e. The van der Waals surface area contributed by atoms with Gasteiger partial charge in [-0.1, -0.05) is 39.2 Å². The van der Waals surface area contributed by atoms with Gasteiger partial charge in [0.05, 0.1) is 11.4 Å². The first-order chi connectivity index (χ1) is 8.05. The lowest BCUT2D eigenvalue weighted by Crippen LogP contribution is -2.19. The van der Waals surface area contributed by atoms with E-state index in [1.54, 1.807) is 12.2 Å². The predicted octanol–water partition coefficient (Wildman–Crippen LogP) is 3.55. The zero-order chi connectivity index (χ0) is 12.5. The molecule has 1 aliphatic heterocycles. The van der Waals surface area contributed by atoms with Gasteiger partial charge in [0.25, 0.3) is 0 Å². The highest BCUT2D eigenvalue weighted by atomic mass is 16.5. The highest BCUT2D eigenvalue weighted by Gasteiger charge is 2.20. The van der Waals surface area contributed by atoms with Crippen LogP contribution in [-0.2, 0) is 4.74 Å². The summed E-state index contributed by atoms with van der Waals surface area (Å²) in [5, 5.41) is 3.29. The van der Waals surface area contributed by atoms with Crippen LogP contribution in [0.15, 0.2) is 72.5 Å². The Morgan fingerprint density at radius 1 is 1.18 bits per heavy atom. The van der Waals surface area contributed by atoms with Gasteiger partial charge >= 0.3 is 0 Å². The van der Waals surface area contributed by atoms with E-state index in [0.717, 1.165) is 17.2 Å². The molecule has 1 aliphatic carbocycles. The van der Waals surface area contributed by atoms with E-state index >= 15 is 0 Å². The Balaban J connectivity index is 2.37. The molecule has 0 saturated heterocycles. The summed E-state index contributed by atoms with van der Waals surface area (Å²) >= 11 is 0. The Kier molecular flexibility index (Phi) is 2.80. The third-order valence-electron chi connectivity index (χ3n) is 2.75. The molecule has 2 nitrogen and oxygen atoms in total. The van der Waals surface area contributed by atoms with Gasteiger partial charge in [0.15, 0.2) is 5.76 Å². The first-order valence-electron chi connectivity index (χ1n) is 5.62. The molecule has 2 rings (SSSR count). The Morgan fingerprint density at radius 2 is 1.88 bits per heavy atom. The average molecular weight is 227 g/mol. The van der Waals surface area contributed by atoms with Gasteiger partial charge in [-0.05, 0) is 24.3 Å². The fourth-order valence-electron chi connectivity index (χ4n) is 1.69. The number of allylic oxidation sites excluding steroid dienone is 6. The van der Waals surface area contributed by atoms with Crippen LogP contribution in [0, 0.1) is 5.41 Å². The number of hydrogen-bond acceptors (Lipinski definition) is 2. The predicted molar refractivity (Wildman–Crippen MR) is 70.7 cm³/mol. The van der Waals surface area contributed by atoms with Crippen molar-refractivity contribution in [3.05, 3.63) is 72.5 Å². The zero-order valence-corrected chi connectivity index (χ0v) is 10.3. The second-order valence-corrected chi connectivity index (χ2v) is 4.68. The van der Waals surface area contributed by atoms with Crippen LogP contribution in [0.4, 0.5) is 0 Å². The molecule has 0 radical (unpaired) electrons. The Hall–Kier alpha value is -1.96. The SMILES string of the molecule is C=CC1=C(C=C)OC2=C(C=CC(C)(C)C=C2)N1. The highest BCUT2D eigenvalue weighted by molar-refractivity contribution is 5.43. The molecule has 0 aromatic rings. The minimum Gasteiger partial charge on any atom is -0.453 e. The van der Waals surface area contributed by atoms with Crippen LogP contribution in [-0.4, -0.2) is 0 Å². The van der Waals surface area contributed by atoms with Gasteiger partial charge in [0.1, 0.15) is 5.76 Å². The fourth-order valence-corrected chi connectivity index (χ4v) is 1.69. The molecule has 17 heavy (non-hydrogen) atoms. The molecule has 88 valence electrons. The molecule has 0 unspecified atom stereocenters. The van der Waals surface area contributed by atoms with Gasteiger partial charge in [0, 0.05) is 5.41 Å². The van der Waals surface area contributed by atoms with E-state index in [2.05, 4.69) is 44.5 Å². The van der Waals surface area contributed by atoms with Crippen molar-refractivity contribution in [3.63, 3.8) is 0 Å². The van der Waals surface area contributed by atoms with Gasteiger partial charge in [-0.3, -0.25) is 0 Å². The maximum atomic E-state index is 5.79. The van der Waals surface area contributed by atoms with Gasteiger partial charge in [-0.15, -0.1) is 0 Å². The molecular formula is C15H17NO. The smallest absolute Gasteiger partial charge is 0.150 e. The molecule has 0 bridgehead atoms. The van der Waals surface area contributed by atoms with Gasteiger partial charge < -0.3 is 10.1 Å². The molecule has 2 heteroatoms. The van der Waals surface area contributed by atoms with Crippen LogP contribution in [0.25, 0.3) is 0 Å². The van der Waals surface area contributed by atoms with E-state index < -0.39 is 0 Å². The maximum Gasteiger partial charge on any atom is 0.150 e. The van der Waals surface area contributed by atoms with E-state index in [1.165, 1.54) is 0 Å². The Morgan fingerprint density at radius 3 is 2.53 bits per heavy atom. The lowest BCUT2D eigenvalue weighted by Gasteiger charge is -2.21. The van der Waals surface area contributed by atoms with Crippen molar-refractivity contribution < 1.29 is 4.74 Å². The van der Waals surface area contributed by atoms with Crippen molar-refractivity contribution in [2.24, 2.45) is 5.41 Å². The van der Waals surface area contributed by atoms with Gasteiger partial charge in [0.2, 0.25) is 0 Å². The zero-order valence-electron chi connectivity index (χ0n) is 10.3. The van der Waals surface area contributed by atoms with Gasteiger partial charge in [-0.2, -0.15) is 0 Å². The fraction of sp³-hybridized carbons (Fsp3) is 0.200. The normalized spacial score (nSPS) is 21.3. The summed E-state index contributed by atoms with van der Waals surface area (Å²) in [6.07, 6.45) is 11.7. The molecule has 1 N–H and O–H groups in total. The molecule has 2 aliphatic rings. The Bertz CT molecular complexity index is 445. The van der Waals surface area contributed by atoms with Crippen molar-refractivity contribution >= 4 is 0 Å². The lowest BCUT2D eigenvalue weighted by atomic mass is 9.93. The van der Waals surface area contributed by atoms with Crippen LogP contribution in [0.3, 0.4) is 0 Å². The van der Waals surface area contributed by atoms with E-state index in [1.807, 2.05) is 12.2 Å². The summed E-state index contributed by atoms with van der Waals surface area (Å²) in [7, 11) is 0. The minimum absolute atomic E-state index is 0.0328. The van der Waals surface area contributed by atoms with Crippen molar-refractivity contribution in [1.82, 2.24) is 5.32 Å². The lowest BCUT2D eigenvalue weighted by molar-refractivity contribution is 0.314. The maximum absolute atomic E-state index is 5.79. The van der Waals surface area contributed by atoms with Crippen LogP contribution in [0.1, 0.15) is 13.8 Å². The third kappa shape index (κ3) is 2.26. The molecule has 0 amide bonds. The second-order valence-electron chi connectivity index (χ2n) is 4.68. The summed E-state index contributed by atoms with van der Waals surface area (Å²) in [6, 6.07) is 0. The third-order valence-corrected chi connectivity index (χ3v) is 2.75. The minimum atomic E-state index is 0.0328. The Labute approximate surface area is 102 Å². The van der Waals surface area contributed by atoms with Crippen LogP contribution in [0.2, 0.25) is 0 Å². The quantitative estimate of drug-likeness (QED) is 0.779. The molecule has 0 spiro atoms. The molecule has 1 heterocycles. The molecule has 0 aromatic heterocycles. The summed E-state index contributed by atoms with van der Waals surface area (Å²) in [5.41, 5.74) is 1.83. The standard InChI is InChI=1S/C15H17NO/c1-5-11-13(6-2)17-14-8-10-15(3,4)9-7-12(14)16-11/h5-10,16H,1-2H2,3-4H3. The second kappa shape index (κ2) is 4.13.